The fourth-order valence-corrected chi connectivity index (χ4v) is 4.53. The van der Waals surface area contributed by atoms with Crippen LogP contribution in [0.15, 0.2) is 30.3 Å². The zero-order chi connectivity index (χ0) is 22.1. The van der Waals surface area contributed by atoms with Crippen LogP contribution in [0, 0.1) is 30.6 Å². The Labute approximate surface area is 176 Å². The third-order valence-corrected chi connectivity index (χ3v) is 6.17. The third kappa shape index (κ3) is 3.35. The molecule has 0 aliphatic heterocycles. The molecular formula is C24H26N2O4. The van der Waals surface area contributed by atoms with E-state index in [-0.39, 0.29) is 12.8 Å². The summed E-state index contributed by atoms with van der Waals surface area (Å²) in [5, 5.41) is 10.1. The van der Waals surface area contributed by atoms with Crippen LogP contribution in [0.3, 0.4) is 0 Å². The number of hydrogen-bond donors (Lipinski definition) is 0. The van der Waals surface area contributed by atoms with Crippen LogP contribution in [0.25, 0.3) is 0 Å². The molecule has 1 aromatic carbocycles. The maximum absolute atomic E-state index is 12.6. The summed E-state index contributed by atoms with van der Waals surface area (Å²) in [5.41, 5.74) is 2.74. The first-order valence-electron chi connectivity index (χ1n) is 9.84. The number of fused-ring (bicyclic) bond motifs is 1. The second-order valence-electron chi connectivity index (χ2n) is 8.15. The van der Waals surface area contributed by atoms with E-state index in [1.54, 1.807) is 0 Å². The number of esters is 2. The normalized spacial score (nSPS) is 16.1. The summed E-state index contributed by atoms with van der Waals surface area (Å²) in [5.74, 6) is -1.23. The molecule has 0 radical (unpaired) electrons. The van der Waals surface area contributed by atoms with Gasteiger partial charge in [0.05, 0.1) is 26.0 Å². The Morgan fingerprint density at radius 1 is 1.10 bits per heavy atom. The lowest BCUT2D eigenvalue weighted by Crippen LogP contribution is -2.42. The highest BCUT2D eigenvalue weighted by Gasteiger charge is 2.54. The van der Waals surface area contributed by atoms with Crippen molar-refractivity contribution in [2.75, 3.05) is 14.2 Å². The van der Waals surface area contributed by atoms with Crippen LogP contribution >= 0.6 is 0 Å². The van der Waals surface area contributed by atoms with Crippen LogP contribution < -0.4 is 0 Å². The Kier molecular flexibility index (Phi) is 5.67. The van der Waals surface area contributed by atoms with Gasteiger partial charge in [0.25, 0.3) is 0 Å². The smallest absolute Gasteiger partial charge is 0.323 e. The Hall–Kier alpha value is -3.20. The van der Waals surface area contributed by atoms with Crippen LogP contribution in [-0.2, 0) is 43.7 Å². The molecule has 3 rings (SSSR count). The minimum atomic E-state index is -1.41. The van der Waals surface area contributed by atoms with Crippen LogP contribution in [0.5, 0.6) is 0 Å². The number of aromatic nitrogens is 1. The van der Waals surface area contributed by atoms with Crippen molar-refractivity contribution in [3.8, 4) is 6.07 Å². The van der Waals surface area contributed by atoms with Crippen LogP contribution in [0.1, 0.15) is 40.6 Å². The number of rotatable bonds is 5. The summed E-state index contributed by atoms with van der Waals surface area (Å²) in [6.07, 6.45) is 0.871. The number of ether oxygens (including phenoxy) is 2. The maximum atomic E-state index is 12.6. The first-order chi connectivity index (χ1) is 14.2. The number of pyridine rings is 1. The summed E-state index contributed by atoms with van der Waals surface area (Å²) in [6.45, 7) is 5.64. The number of nitriles is 1. The van der Waals surface area contributed by atoms with Gasteiger partial charge in [-0.05, 0) is 49.4 Å². The first kappa shape index (κ1) is 21.5. The van der Waals surface area contributed by atoms with Gasteiger partial charge in [0.1, 0.15) is 5.41 Å². The van der Waals surface area contributed by atoms with E-state index in [4.69, 9.17) is 14.5 Å². The lowest BCUT2D eigenvalue weighted by molar-refractivity contribution is -0.168. The molecule has 156 valence electrons. The van der Waals surface area contributed by atoms with Gasteiger partial charge in [-0.2, -0.15) is 5.26 Å². The lowest BCUT2D eigenvalue weighted by Gasteiger charge is -2.25. The second kappa shape index (κ2) is 7.91. The molecule has 1 aliphatic carbocycles. The molecule has 0 spiro atoms. The molecule has 6 heteroatoms. The number of aryl methyl sites for hydroxylation is 1. The highest BCUT2D eigenvalue weighted by molar-refractivity contribution is 6.01. The average molecular weight is 406 g/mol. The van der Waals surface area contributed by atoms with E-state index >= 15 is 0 Å². The summed E-state index contributed by atoms with van der Waals surface area (Å²) < 4.78 is 9.91. The van der Waals surface area contributed by atoms with Gasteiger partial charge < -0.3 is 9.47 Å². The summed E-state index contributed by atoms with van der Waals surface area (Å²) in [7, 11) is 2.54. The summed E-state index contributed by atoms with van der Waals surface area (Å²) in [4.78, 5) is 30.0. The number of hydrogen-bond acceptors (Lipinski definition) is 6. The van der Waals surface area contributed by atoms with E-state index in [9.17, 15) is 14.9 Å². The van der Waals surface area contributed by atoms with E-state index in [0.717, 1.165) is 27.9 Å². The first-order valence-corrected chi connectivity index (χ1v) is 9.84. The Balaban J connectivity index is 2.12. The Morgan fingerprint density at radius 2 is 1.67 bits per heavy atom. The highest BCUT2D eigenvalue weighted by Crippen LogP contribution is 2.44. The van der Waals surface area contributed by atoms with E-state index in [0.29, 0.717) is 12.1 Å². The number of benzene rings is 1. The van der Waals surface area contributed by atoms with Crippen molar-refractivity contribution in [1.29, 1.82) is 5.26 Å². The molecule has 0 saturated heterocycles. The van der Waals surface area contributed by atoms with Gasteiger partial charge in [-0.15, -0.1) is 0 Å². The van der Waals surface area contributed by atoms with Crippen LogP contribution in [0.2, 0.25) is 0 Å². The molecule has 0 bridgehead atoms. The number of methoxy groups -OCH3 is 2. The van der Waals surface area contributed by atoms with E-state index in [2.05, 4.69) is 6.07 Å². The van der Waals surface area contributed by atoms with Gasteiger partial charge in [0.15, 0.2) is 5.41 Å². The molecule has 1 aliphatic rings. The molecule has 6 nitrogen and oxygen atoms in total. The van der Waals surface area contributed by atoms with Gasteiger partial charge in [-0.3, -0.25) is 14.6 Å². The molecule has 1 aromatic heterocycles. The standard InChI is InChI=1S/C24H26N2O4/c1-15-18-12-24(21(27)29-4,22(28)30-5)13-19(18)16(2)26-20(15)23(3,14-25)11-17-9-7-6-8-10-17/h6-10H,11-13H2,1-5H3. The minimum Gasteiger partial charge on any atom is -0.468 e. The van der Waals surface area contributed by atoms with Crippen molar-refractivity contribution in [1.82, 2.24) is 4.98 Å². The third-order valence-electron chi connectivity index (χ3n) is 6.17. The van der Waals surface area contributed by atoms with Gasteiger partial charge in [-0.25, -0.2) is 0 Å². The van der Waals surface area contributed by atoms with Gasteiger partial charge in [-0.1, -0.05) is 30.3 Å². The fourth-order valence-electron chi connectivity index (χ4n) is 4.53. The van der Waals surface area contributed by atoms with E-state index < -0.39 is 22.8 Å². The van der Waals surface area contributed by atoms with Crippen molar-refractivity contribution in [2.45, 2.75) is 45.4 Å². The second-order valence-corrected chi connectivity index (χ2v) is 8.15. The zero-order valence-electron chi connectivity index (χ0n) is 18.0. The van der Waals surface area contributed by atoms with Crippen molar-refractivity contribution in [3.63, 3.8) is 0 Å². The Bertz CT molecular complexity index is 1020. The van der Waals surface area contributed by atoms with Crippen molar-refractivity contribution in [2.24, 2.45) is 5.41 Å². The van der Waals surface area contributed by atoms with Gasteiger partial charge in [0.2, 0.25) is 0 Å². The van der Waals surface area contributed by atoms with E-state index in [1.165, 1.54) is 14.2 Å². The average Bonchev–Trinajstić information content (AvgIpc) is 3.18. The van der Waals surface area contributed by atoms with Gasteiger partial charge >= 0.3 is 11.9 Å². The van der Waals surface area contributed by atoms with Crippen LogP contribution in [0.4, 0.5) is 0 Å². The fraction of sp³-hybridized carbons (Fsp3) is 0.417. The number of carbonyl (C=O) groups excluding carboxylic acids is 2. The van der Waals surface area contributed by atoms with Crippen LogP contribution in [-0.4, -0.2) is 31.1 Å². The SMILES string of the molecule is COC(=O)C1(C(=O)OC)Cc2c(C)nc(C(C)(C#N)Cc3ccccc3)c(C)c2C1. The minimum absolute atomic E-state index is 0.177. The van der Waals surface area contributed by atoms with Gasteiger partial charge in [0, 0.05) is 18.5 Å². The van der Waals surface area contributed by atoms with Crippen molar-refractivity contribution < 1.29 is 19.1 Å². The molecule has 1 heterocycles. The summed E-state index contributed by atoms with van der Waals surface area (Å²) >= 11 is 0. The molecule has 0 amide bonds. The number of nitrogens with zero attached hydrogens (tertiary/aromatic N) is 2. The molecule has 0 saturated carbocycles. The summed E-state index contributed by atoms with van der Waals surface area (Å²) in [6, 6.07) is 12.3. The quantitative estimate of drug-likeness (QED) is 0.560. The monoisotopic (exact) mass is 406 g/mol. The van der Waals surface area contributed by atoms with Crippen molar-refractivity contribution >= 4 is 11.9 Å². The predicted molar refractivity (Wildman–Crippen MR) is 111 cm³/mol. The molecule has 1 unspecified atom stereocenters. The zero-order valence-corrected chi connectivity index (χ0v) is 18.0. The molecule has 0 fully saturated rings. The molecule has 30 heavy (non-hydrogen) atoms. The maximum Gasteiger partial charge on any atom is 0.323 e. The topological polar surface area (TPSA) is 89.3 Å². The predicted octanol–water partition coefficient (Wildman–Crippen LogP) is 3.15. The molecule has 2 aromatic rings. The largest absolute Gasteiger partial charge is 0.468 e. The molecule has 0 N–H and O–H groups in total. The molecule has 1 atom stereocenters. The highest BCUT2D eigenvalue weighted by atomic mass is 16.5. The molecular weight excluding hydrogens is 380 g/mol. The number of carbonyl (C=O) groups is 2. The lowest BCUT2D eigenvalue weighted by atomic mass is 9.78. The van der Waals surface area contributed by atoms with Crippen molar-refractivity contribution in [3.05, 3.63) is 64.0 Å². The van der Waals surface area contributed by atoms with E-state index in [1.807, 2.05) is 51.1 Å². The Morgan fingerprint density at radius 3 is 2.20 bits per heavy atom.